The number of sulfone groups is 1. The van der Waals surface area contributed by atoms with E-state index in [1.54, 1.807) is 18.2 Å². The zero-order valence-corrected chi connectivity index (χ0v) is 11.1. The largest absolute Gasteiger partial charge is 0.508 e. The fraction of sp³-hybridized carbons (Fsp3) is 0.538. The third-order valence-corrected chi connectivity index (χ3v) is 5.54. The van der Waals surface area contributed by atoms with Crippen molar-refractivity contribution in [3.05, 3.63) is 29.8 Å². The normalized spacial score (nSPS) is 20.8. The number of phenolic OH excluding ortho intramolecular Hbond substituents is 1. The van der Waals surface area contributed by atoms with Crippen LogP contribution in [0.15, 0.2) is 24.3 Å². The van der Waals surface area contributed by atoms with Crippen LogP contribution in [0.5, 0.6) is 5.75 Å². The standard InChI is InChI=1S/C13H19NO3S/c15-12-4-1-3-11(9-12)6-8-18(16,17)13-5-2-7-14-10-13/h1,3-4,9,13-15H,2,5-8,10H2. The average Bonchev–Trinajstić information content (AvgIpc) is 2.38. The molecule has 2 N–H and O–H groups in total. The summed E-state index contributed by atoms with van der Waals surface area (Å²) in [7, 11) is -3.04. The SMILES string of the molecule is O=S(=O)(CCc1cccc(O)c1)C1CCCNC1. The molecule has 1 unspecified atom stereocenters. The molecule has 2 rings (SSSR count). The Bertz CT molecular complexity index is 493. The molecule has 1 saturated heterocycles. The van der Waals surface area contributed by atoms with Crippen LogP contribution in [-0.2, 0) is 16.3 Å². The van der Waals surface area contributed by atoms with Crippen LogP contribution in [0.1, 0.15) is 18.4 Å². The minimum absolute atomic E-state index is 0.156. The Morgan fingerprint density at radius 1 is 1.39 bits per heavy atom. The lowest BCUT2D eigenvalue weighted by Crippen LogP contribution is -2.40. The Labute approximate surface area is 108 Å². The molecule has 4 nitrogen and oxygen atoms in total. The maximum Gasteiger partial charge on any atom is 0.154 e. The number of rotatable bonds is 4. The Balaban J connectivity index is 1.96. The number of phenols is 1. The summed E-state index contributed by atoms with van der Waals surface area (Å²) in [4.78, 5) is 0. The summed E-state index contributed by atoms with van der Waals surface area (Å²) in [5.41, 5.74) is 0.863. The van der Waals surface area contributed by atoms with Crippen LogP contribution in [0.25, 0.3) is 0 Å². The molecule has 1 aromatic rings. The van der Waals surface area contributed by atoms with E-state index in [0.717, 1.165) is 24.9 Å². The fourth-order valence-electron chi connectivity index (χ4n) is 2.27. The molecule has 0 bridgehead atoms. The summed E-state index contributed by atoms with van der Waals surface area (Å²) >= 11 is 0. The van der Waals surface area contributed by atoms with Crippen LogP contribution in [0, 0.1) is 0 Å². The lowest BCUT2D eigenvalue weighted by molar-refractivity contribution is 0.474. The molecule has 0 amide bonds. The van der Waals surface area contributed by atoms with E-state index < -0.39 is 9.84 Å². The van der Waals surface area contributed by atoms with Crippen molar-refractivity contribution < 1.29 is 13.5 Å². The van der Waals surface area contributed by atoms with Gasteiger partial charge in [0, 0.05) is 6.54 Å². The van der Waals surface area contributed by atoms with Crippen molar-refractivity contribution in [3.63, 3.8) is 0 Å². The predicted molar refractivity (Wildman–Crippen MR) is 71.5 cm³/mol. The topological polar surface area (TPSA) is 66.4 Å². The zero-order chi connectivity index (χ0) is 13.0. The van der Waals surface area contributed by atoms with Gasteiger partial charge >= 0.3 is 0 Å². The molecule has 1 aromatic carbocycles. The van der Waals surface area contributed by atoms with Crippen LogP contribution in [0.3, 0.4) is 0 Å². The van der Waals surface area contributed by atoms with Gasteiger partial charge in [-0.15, -0.1) is 0 Å². The van der Waals surface area contributed by atoms with Crippen molar-refractivity contribution in [2.24, 2.45) is 0 Å². The van der Waals surface area contributed by atoms with Gasteiger partial charge in [0.2, 0.25) is 0 Å². The second kappa shape index (κ2) is 5.71. The Kier molecular flexibility index (Phi) is 4.24. The minimum Gasteiger partial charge on any atom is -0.508 e. The molecule has 0 aromatic heterocycles. The first-order valence-corrected chi connectivity index (χ1v) is 8.00. The maximum atomic E-state index is 12.1. The average molecular weight is 269 g/mol. The number of hydrogen-bond donors (Lipinski definition) is 2. The van der Waals surface area contributed by atoms with Crippen molar-refractivity contribution in [2.75, 3.05) is 18.8 Å². The molecule has 1 fully saturated rings. The van der Waals surface area contributed by atoms with Gasteiger partial charge in [-0.2, -0.15) is 0 Å². The first-order chi connectivity index (χ1) is 8.58. The Morgan fingerprint density at radius 2 is 2.22 bits per heavy atom. The highest BCUT2D eigenvalue weighted by Gasteiger charge is 2.26. The molecular weight excluding hydrogens is 250 g/mol. The summed E-state index contributed by atoms with van der Waals surface area (Å²) in [5.74, 6) is 0.340. The van der Waals surface area contributed by atoms with Crippen LogP contribution < -0.4 is 5.32 Å². The highest BCUT2D eigenvalue weighted by Crippen LogP contribution is 2.16. The van der Waals surface area contributed by atoms with Crippen LogP contribution >= 0.6 is 0 Å². The molecule has 1 aliphatic heterocycles. The molecular formula is C13H19NO3S. The second-order valence-corrected chi connectivity index (χ2v) is 7.16. The monoisotopic (exact) mass is 269 g/mol. The van der Waals surface area contributed by atoms with Crippen LogP contribution in [0.4, 0.5) is 0 Å². The second-order valence-electron chi connectivity index (χ2n) is 4.76. The van der Waals surface area contributed by atoms with E-state index in [2.05, 4.69) is 5.32 Å². The van der Waals surface area contributed by atoms with Gasteiger partial charge in [-0.25, -0.2) is 8.42 Å². The fourth-order valence-corrected chi connectivity index (χ4v) is 4.02. The molecule has 100 valence electrons. The summed E-state index contributed by atoms with van der Waals surface area (Å²) in [6, 6.07) is 6.78. The number of hydrogen-bond acceptors (Lipinski definition) is 4. The molecule has 0 saturated carbocycles. The summed E-state index contributed by atoms with van der Waals surface area (Å²) in [5, 5.41) is 12.2. The molecule has 0 radical (unpaired) electrons. The van der Waals surface area contributed by atoms with Gasteiger partial charge < -0.3 is 10.4 Å². The van der Waals surface area contributed by atoms with E-state index in [9.17, 15) is 13.5 Å². The summed E-state index contributed by atoms with van der Waals surface area (Å²) in [6.07, 6.45) is 2.15. The molecule has 0 spiro atoms. The number of aryl methyl sites for hydroxylation is 1. The molecule has 1 aliphatic rings. The van der Waals surface area contributed by atoms with Gasteiger partial charge in [-0.3, -0.25) is 0 Å². The van der Waals surface area contributed by atoms with Crippen molar-refractivity contribution >= 4 is 9.84 Å². The number of piperidine rings is 1. The van der Waals surface area contributed by atoms with E-state index >= 15 is 0 Å². The van der Waals surface area contributed by atoms with Gasteiger partial charge in [0.15, 0.2) is 9.84 Å². The smallest absolute Gasteiger partial charge is 0.154 e. The van der Waals surface area contributed by atoms with Gasteiger partial charge in [0.25, 0.3) is 0 Å². The van der Waals surface area contributed by atoms with E-state index in [-0.39, 0.29) is 16.8 Å². The van der Waals surface area contributed by atoms with Crippen molar-refractivity contribution in [1.29, 1.82) is 0 Å². The number of nitrogens with one attached hydrogen (secondary N) is 1. The summed E-state index contributed by atoms with van der Waals surface area (Å²) in [6.45, 7) is 1.49. The summed E-state index contributed by atoms with van der Waals surface area (Å²) < 4.78 is 24.3. The minimum atomic E-state index is -3.04. The van der Waals surface area contributed by atoms with Gasteiger partial charge in [0.05, 0.1) is 11.0 Å². The Morgan fingerprint density at radius 3 is 2.89 bits per heavy atom. The first-order valence-electron chi connectivity index (χ1n) is 6.28. The lowest BCUT2D eigenvalue weighted by atomic mass is 10.2. The van der Waals surface area contributed by atoms with Crippen LogP contribution in [-0.4, -0.2) is 37.6 Å². The zero-order valence-electron chi connectivity index (χ0n) is 10.3. The lowest BCUT2D eigenvalue weighted by Gasteiger charge is -2.22. The van der Waals surface area contributed by atoms with Gasteiger partial charge in [-0.1, -0.05) is 12.1 Å². The van der Waals surface area contributed by atoms with E-state index in [1.165, 1.54) is 0 Å². The quantitative estimate of drug-likeness (QED) is 0.859. The molecule has 18 heavy (non-hydrogen) atoms. The highest BCUT2D eigenvalue weighted by molar-refractivity contribution is 7.92. The van der Waals surface area contributed by atoms with Gasteiger partial charge in [0.1, 0.15) is 5.75 Å². The highest BCUT2D eigenvalue weighted by atomic mass is 32.2. The molecule has 5 heteroatoms. The van der Waals surface area contributed by atoms with E-state index in [0.29, 0.717) is 13.0 Å². The molecule has 1 heterocycles. The third-order valence-electron chi connectivity index (χ3n) is 3.35. The van der Waals surface area contributed by atoms with Gasteiger partial charge in [-0.05, 0) is 43.5 Å². The maximum absolute atomic E-state index is 12.1. The first kappa shape index (κ1) is 13.4. The number of benzene rings is 1. The van der Waals surface area contributed by atoms with Crippen molar-refractivity contribution in [2.45, 2.75) is 24.5 Å². The third kappa shape index (κ3) is 3.46. The van der Waals surface area contributed by atoms with Crippen molar-refractivity contribution in [3.8, 4) is 5.75 Å². The number of aromatic hydroxyl groups is 1. The predicted octanol–water partition coefficient (Wildman–Crippen LogP) is 1.10. The molecule has 1 atom stereocenters. The van der Waals surface area contributed by atoms with Crippen LogP contribution in [0.2, 0.25) is 0 Å². The molecule has 0 aliphatic carbocycles. The van der Waals surface area contributed by atoms with Crippen molar-refractivity contribution in [1.82, 2.24) is 5.32 Å². The van der Waals surface area contributed by atoms with E-state index in [1.807, 2.05) is 6.07 Å². The van der Waals surface area contributed by atoms with E-state index in [4.69, 9.17) is 0 Å². The Hall–Kier alpha value is -1.07.